The molecule has 0 saturated heterocycles. The van der Waals surface area contributed by atoms with Gasteiger partial charge in [-0.25, -0.2) is 13.6 Å². The van der Waals surface area contributed by atoms with Crippen molar-refractivity contribution in [3.63, 3.8) is 0 Å². The van der Waals surface area contributed by atoms with Crippen molar-refractivity contribution in [2.45, 2.75) is 6.61 Å². The van der Waals surface area contributed by atoms with Crippen molar-refractivity contribution in [3.8, 4) is 6.07 Å². The zero-order chi connectivity index (χ0) is 14.5. The summed E-state index contributed by atoms with van der Waals surface area (Å²) >= 11 is 0. The molecule has 100 valence electrons. The van der Waals surface area contributed by atoms with Crippen LogP contribution in [0.5, 0.6) is 0 Å². The minimum Gasteiger partial charge on any atom is -0.457 e. The van der Waals surface area contributed by atoms with Gasteiger partial charge in [0.05, 0.1) is 17.2 Å². The maximum absolute atomic E-state index is 13.6. The molecule has 3 nitrogen and oxygen atoms in total. The Bertz CT molecular complexity index is 693. The largest absolute Gasteiger partial charge is 0.457 e. The molecule has 0 aliphatic heterocycles. The van der Waals surface area contributed by atoms with Crippen molar-refractivity contribution >= 4 is 5.97 Å². The fraction of sp³-hybridized carbons (Fsp3) is 0.0667. The van der Waals surface area contributed by atoms with Crippen molar-refractivity contribution in [2.75, 3.05) is 0 Å². The highest BCUT2D eigenvalue weighted by Crippen LogP contribution is 2.13. The Labute approximate surface area is 114 Å². The normalized spacial score (nSPS) is 9.85. The van der Waals surface area contributed by atoms with Crippen LogP contribution in [-0.2, 0) is 11.3 Å². The smallest absolute Gasteiger partial charge is 0.341 e. The Morgan fingerprint density at radius 1 is 1.15 bits per heavy atom. The molecule has 20 heavy (non-hydrogen) atoms. The molecule has 0 bridgehead atoms. The summed E-state index contributed by atoms with van der Waals surface area (Å²) in [5.41, 5.74) is 0.0170. The van der Waals surface area contributed by atoms with Gasteiger partial charge in [-0.3, -0.25) is 0 Å². The third kappa shape index (κ3) is 2.98. The average molecular weight is 273 g/mol. The van der Waals surface area contributed by atoms with Gasteiger partial charge in [0, 0.05) is 5.56 Å². The molecule has 0 amide bonds. The first-order valence-electron chi connectivity index (χ1n) is 5.72. The Balaban J connectivity index is 2.10. The van der Waals surface area contributed by atoms with E-state index in [1.165, 1.54) is 24.3 Å². The van der Waals surface area contributed by atoms with Crippen LogP contribution < -0.4 is 0 Å². The van der Waals surface area contributed by atoms with Crippen LogP contribution in [0.4, 0.5) is 8.78 Å². The Hall–Kier alpha value is -2.74. The third-order valence-corrected chi connectivity index (χ3v) is 2.63. The Morgan fingerprint density at radius 2 is 1.90 bits per heavy atom. The van der Waals surface area contributed by atoms with Gasteiger partial charge in [-0.05, 0) is 24.3 Å². The minimum atomic E-state index is -0.907. The van der Waals surface area contributed by atoms with E-state index in [4.69, 9.17) is 10.00 Å². The summed E-state index contributed by atoms with van der Waals surface area (Å²) < 4.78 is 31.7. The quantitative estimate of drug-likeness (QED) is 0.807. The van der Waals surface area contributed by atoms with Gasteiger partial charge in [-0.1, -0.05) is 18.2 Å². The Kier molecular flexibility index (Phi) is 4.06. The molecule has 5 heteroatoms. The first kappa shape index (κ1) is 13.7. The predicted molar refractivity (Wildman–Crippen MR) is 66.6 cm³/mol. The molecule has 0 heterocycles. The second kappa shape index (κ2) is 5.93. The lowest BCUT2D eigenvalue weighted by Gasteiger charge is -2.06. The van der Waals surface area contributed by atoms with Crippen LogP contribution in [-0.4, -0.2) is 5.97 Å². The van der Waals surface area contributed by atoms with Gasteiger partial charge in [0.25, 0.3) is 0 Å². The third-order valence-electron chi connectivity index (χ3n) is 2.63. The van der Waals surface area contributed by atoms with E-state index in [1.54, 1.807) is 12.1 Å². The molecule has 0 saturated carbocycles. The highest BCUT2D eigenvalue weighted by molar-refractivity contribution is 5.89. The summed E-state index contributed by atoms with van der Waals surface area (Å²) in [6, 6.07) is 11.0. The number of carbonyl (C=O) groups excluding carboxylic acids is 1. The molecule has 0 unspecified atom stereocenters. The van der Waals surface area contributed by atoms with Crippen molar-refractivity contribution in [2.24, 2.45) is 0 Å². The Morgan fingerprint density at radius 3 is 2.55 bits per heavy atom. The van der Waals surface area contributed by atoms with Gasteiger partial charge in [0.15, 0.2) is 0 Å². The van der Waals surface area contributed by atoms with E-state index in [1.807, 2.05) is 0 Å². The molecule has 2 aromatic rings. The molecule has 0 aromatic heterocycles. The molecule has 0 atom stereocenters. The lowest BCUT2D eigenvalue weighted by molar-refractivity contribution is 0.0463. The molecule has 2 rings (SSSR count). The summed E-state index contributed by atoms with van der Waals surface area (Å²) in [5, 5.41) is 8.60. The first-order valence-corrected chi connectivity index (χ1v) is 5.72. The number of esters is 1. The average Bonchev–Trinajstić information content (AvgIpc) is 2.46. The zero-order valence-electron chi connectivity index (χ0n) is 10.3. The van der Waals surface area contributed by atoms with Crippen LogP contribution in [0, 0.1) is 23.0 Å². The maximum Gasteiger partial charge on any atom is 0.341 e. The van der Waals surface area contributed by atoms with Crippen LogP contribution in [0.3, 0.4) is 0 Å². The monoisotopic (exact) mass is 273 g/mol. The first-order chi connectivity index (χ1) is 9.61. The van der Waals surface area contributed by atoms with Crippen LogP contribution >= 0.6 is 0 Å². The van der Waals surface area contributed by atoms with Crippen molar-refractivity contribution < 1.29 is 18.3 Å². The van der Waals surface area contributed by atoms with E-state index in [0.29, 0.717) is 0 Å². The molecule has 2 aromatic carbocycles. The van der Waals surface area contributed by atoms with Crippen LogP contribution in [0.1, 0.15) is 21.5 Å². The van der Waals surface area contributed by atoms with E-state index < -0.39 is 17.6 Å². The molecule has 0 fully saturated rings. The lowest BCUT2D eigenvalue weighted by atomic mass is 10.1. The molecule has 0 N–H and O–H groups in total. The van der Waals surface area contributed by atoms with Crippen LogP contribution in [0.15, 0.2) is 42.5 Å². The van der Waals surface area contributed by atoms with E-state index in [-0.39, 0.29) is 23.3 Å². The predicted octanol–water partition coefficient (Wildman–Crippen LogP) is 3.19. The van der Waals surface area contributed by atoms with Gasteiger partial charge >= 0.3 is 5.97 Å². The second-order valence-electron chi connectivity index (χ2n) is 3.97. The number of nitriles is 1. The number of nitrogens with zero attached hydrogens (tertiary/aromatic N) is 1. The van der Waals surface area contributed by atoms with Gasteiger partial charge < -0.3 is 4.74 Å². The summed E-state index contributed by atoms with van der Waals surface area (Å²) in [4.78, 5) is 11.7. The van der Waals surface area contributed by atoms with E-state index in [0.717, 1.165) is 12.1 Å². The zero-order valence-corrected chi connectivity index (χ0v) is 10.3. The molecule has 0 aliphatic carbocycles. The van der Waals surface area contributed by atoms with Gasteiger partial charge in [0.1, 0.15) is 18.2 Å². The summed E-state index contributed by atoms with van der Waals surface area (Å²) in [6.07, 6.45) is 0. The number of benzene rings is 2. The van der Waals surface area contributed by atoms with E-state index in [2.05, 4.69) is 0 Å². The van der Waals surface area contributed by atoms with Crippen molar-refractivity contribution in [1.82, 2.24) is 0 Å². The van der Waals surface area contributed by atoms with Crippen LogP contribution in [0.25, 0.3) is 0 Å². The summed E-state index contributed by atoms with van der Waals surface area (Å²) in [5.74, 6) is -2.25. The highest BCUT2D eigenvalue weighted by Gasteiger charge is 2.14. The van der Waals surface area contributed by atoms with Gasteiger partial charge in [0.2, 0.25) is 0 Å². The molecule has 0 spiro atoms. The fourth-order valence-electron chi connectivity index (χ4n) is 1.59. The molecule has 0 radical (unpaired) electrons. The number of rotatable bonds is 3. The number of carbonyl (C=O) groups is 1. The number of hydrogen-bond acceptors (Lipinski definition) is 3. The van der Waals surface area contributed by atoms with E-state index in [9.17, 15) is 13.6 Å². The molecular formula is C15H9F2NO2. The number of hydrogen-bond donors (Lipinski definition) is 0. The summed E-state index contributed by atoms with van der Waals surface area (Å²) in [6.45, 7) is -0.287. The highest BCUT2D eigenvalue weighted by atomic mass is 19.1. The van der Waals surface area contributed by atoms with Gasteiger partial charge in [-0.2, -0.15) is 5.26 Å². The van der Waals surface area contributed by atoms with Crippen molar-refractivity contribution in [1.29, 1.82) is 5.26 Å². The fourth-order valence-corrected chi connectivity index (χ4v) is 1.59. The van der Waals surface area contributed by atoms with E-state index >= 15 is 0 Å². The lowest BCUT2D eigenvalue weighted by Crippen LogP contribution is -2.08. The van der Waals surface area contributed by atoms with Gasteiger partial charge in [-0.15, -0.1) is 0 Å². The van der Waals surface area contributed by atoms with Crippen LogP contribution in [0.2, 0.25) is 0 Å². The number of ether oxygens (including phenoxy) is 1. The molecule has 0 aliphatic rings. The minimum absolute atomic E-state index is 0.105. The summed E-state index contributed by atoms with van der Waals surface area (Å²) in [7, 11) is 0. The standard InChI is InChI=1S/C15H9F2NO2/c16-13-4-2-1-3-11(13)9-20-15(19)12-6-5-10(8-18)7-14(12)17/h1-7H,9H2. The topological polar surface area (TPSA) is 50.1 Å². The second-order valence-corrected chi connectivity index (χ2v) is 3.97. The molecular weight excluding hydrogens is 264 g/mol. The SMILES string of the molecule is N#Cc1ccc(C(=O)OCc2ccccc2F)c(F)c1. The van der Waals surface area contributed by atoms with Crippen molar-refractivity contribution in [3.05, 3.63) is 70.8 Å². The maximum atomic E-state index is 13.6. The number of halogens is 2.